The molecule has 1 aromatic carbocycles. The Labute approximate surface area is 208 Å². The maximum absolute atomic E-state index is 13.9. The maximum atomic E-state index is 13.9. The molecular weight excluding hydrogens is 482 g/mol. The predicted molar refractivity (Wildman–Crippen MR) is 130 cm³/mol. The van der Waals surface area contributed by atoms with E-state index in [1.54, 1.807) is 32.3 Å². The fourth-order valence-corrected chi connectivity index (χ4v) is 4.17. The van der Waals surface area contributed by atoms with Crippen LogP contribution in [0.25, 0.3) is 11.1 Å². The monoisotopic (exact) mass is 508 g/mol. The standard InChI is InChI=1S/C24H27Cl2FN4O3/c1-4-33-21(32)8-5-14(2)12-31-13-17(11-30-31)16-9-20(24(28)29-10-16)34-15(3)22-18(25)6-7-19(27)23(22)26/h6-7,9-11,13-15H,4-5,8,12H2,1-3H3,(H2,28,29). The lowest BCUT2D eigenvalue weighted by Crippen LogP contribution is -2.11. The van der Waals surface area contributed by atoms with Gasteiger partial charge in [-0.1, -0.05) is 30.1 Å². The molecular formula is C24H27Cl2FN4O3. The molecule has 0 saturated carbocycles. The van der Waals surface area contributed by atoms with E-state index in [1.807, 2.05) is 10.9 Å². The summed E-state index contributed by atoms with van der Waals surface area (Å²) < 4.78 is 26.7. The minimum atomic E-state index is -0.668. The van der Waals surface area contributed by atoms with Gasteiger partial charge in [0.15, 0.2) is 11.6 Å². The van der Waals surface area contributed by atoms with Gasteiger partial charge in [-0.2, -0.15) is 5.10 Å². The molecule has 10 heteroatoms. The Morgan fingerprint density at radius 3 is 2.74 bits per heavy atom. The van der Waals surface area contributed by atoms with Crippen molar-refractivity contribution in [2.24, 2.45) is 5.92 Å². The summed E-state index contributed by atoms with van der Waals surface area (Å²) in [4.78, 5) is 15.8. The fourth-order valence-electron chi connectivity index (χ4n) is 3.49. The van der Waals surface area contributed by atoms with Crippen LogP contribution in [-0.2, 0) is 16.1 Å². The molecule has 0 radical (unpaired) electrons. The lowest BCUT2D eigenvalue weighted by atomic mass is 10.1. The number of rotatable bonds is 10. The molecule has 0 saturated heterocycles. The Morgan fingerprint density at radius 1 is 1.24 bits per heavy atom. The van der Waals surface area contributed by atoms with Gasteiger partial charge in [0.25, 0.3) is 0 Å². The zero-order valence-corrected chi connectivity index (χ0v) is 20.7. The van der Waals surface area contributed by atoms with Gasteiger partial charge in [0.2, 0.25) is 0 Å². The van der Waals surface area contributed by atoms with Gasteiger partial charge in [-0.25, -0.2) is 9.37 Å². The van der Waals surface area contributed by atoms with Gasteiger partial charge in [0, 0.05) is 47.1 Å². The molecule has 0 spiro atoms. The molecule has 0 aliphatic heterocycles. The zero-order chi connectivity index (χ0) is 24.8. The lowest BCUT2D eigenvalue weighted by molar-refractivity contribution is -0.143. The van der Waals surface area contributed by atoms with E-state index in [4.69, 9.17) is 38.4 Å². The molecule has 0 amide bonds. The predicted octanol–water partition coefficient (Wildman–Crippen LogP) is 6.09. The number of hydrogen-bond donors (Lipinski definition) is 1. The van der Waals surface area contributed by atoms with Crippen LogP contribution in [0, 0.1) is 11.7 Å². The van der Waals surface area contributed by atoms with E-state index in [9.17, 15) is 9.18 Å². The fraction of sp³-hybridized carbons (Fsp3) is 0.375. The van der Waals surface area contributed by atoms with Crippen LogP contribution in [0.4, 0.5) is 10.2 Å². The molecule has 7 nitrogen and oxygen atoms in total. The van der Waals surface area contributed by atoms with Crippen LogP contribution < -0.4 is 10.5 Å². The average Bonchev–Trinajstić information content (AvgIpc) is 3.25. The number of halogens is 3. The van der Waals surface area contributed by atoms with Gasteiger partial charge in [0.1, 0.15) is 11.9 Å². The minimum Gasteiger partial charge on any atom is -0.482 e. The first kappa shape index (κ1) is 25.8. The van der Waals surface area contributed by atoms with Gasteiger partial charge < -0.3 is 15.2 Å². The molecule has 34 heavy (non-hydrogen) atoms. The molecule has 3 aromatic rings. The van der Waals surface area contributed by atoms with Crippen molar-refractivity contribution in [3.8, 4) is 16.9 Å². The summed E-state index contributed by atoms with van der Waals surface area (Å²) in [5, 5.41) is 4.61. The number of nitrogen functional groups attached to an aromatic ring is 1. The van der Waals surface area contributed by atoms with E-state index in [-0.39, 0.29) is 22.7 Å². The van der Waals surface area contributed by atoms with Crippen LogP contribution in [0.3, 0.4) is 0 Å². The summed E-state index contributed by atoms with van der Waals surface area (Å²) in [7, 11) is 0. The van der Waals surface area contributed by atoms with Crippen molar-refractivity contribution in [3.05, 3.63) is 58.2 Å². The van der Waals surface area contributed by atoms with E-state index in [0.717, 1.165) is 11.1 Å². The Kier molecular flexibility index (Phi) is 8.74. The third-order valence-corrected chi connectivity index (χ3v) is 6.00. The number of carbonyl (C=O) groups is 1. The van der Waals surface area contributed by atoms with E-state index in [0.29, 0.717) is 42.3 Å². The number of anilines is 1. The number of aromatic nitrogens is 3. The molecule has 0 fully saturated rings. The van der Waals surface area contributed by atoms with Crippen LogP contribution in [0.2, 0.25) is 10.0 Å². The number of hydrogen-bond acceptors (Lipinski definition) is 6. The number of nitrogens with zero attached hydrogens (tertiary/aromatic N) is 3. The van der Waals surface area contributed by atoms with Crippen molar-refractivity contribution in [1.82, 2.24) is 14.8 Å². The summed E-state index contributed by atoms with van der Waals surface area (Å²) >= 11 is 12.3. The number of pyridine rings is 1. The number of carbonyl (C=O) groups excluding carboxylic acids is 1. The van der Waals surface area contributed by atoms with Crippen molar-refractivity contribution in [1.29, 1.82) is 0 Å². The highest BCUT2D eigenvalue weighted by Crippen LogP contribution is 2.36. The number of nitrogens with two attached hydrogens (primary N) is 1. The molecule has 0 aliphatic rings. The second-order valence-electron chi connectivity index (χ2n) is 8.02. The van der Waals surface area contributed by atoms with Crippen molar-refractivity contribution in [2.45, 2.75) is 46.3 Å². The Hall–Kier alpha value is -2.84. The number of esters is 1. The van der Waals surface area contributed by atoms with E-state index >= 15 is 0 Å². The zero-order valence-electron chi connectivity index (χ0n) is 19.2. The van der Waals surface area contributed by atoms with Crippen molar-refractivity contribution < 1.29 is 18.7 Å². The number of ether oxygens (including phenoxy) is 2. The highest BCUT2D eigenvalue weighted by Gasteiger charge is 2.20. The van der Waals surface area contributed by atoms with Crippen LogP contribution in [0.5, 0.6) is 5.75 Å². The number of benzene rings is 1. The smallest absolute Gasteiger partial charge is 0.305 e. The molecule has 0 bridgehead atoms. The van der Waals surface area contributed by atoms with Gasteiger partial charge in [-0.3, -0.25) is 9.48 Å². The molecule has 2 heterocycles. The maximum Gasteiger partial charge on any atom is 0.305 e. The van der Waals surface area contributed by atoms with Gasteiger partial charge in [-0.05, 0) is 44.4 Å². The largest absolute Gasteiger partial charge is 0.482 e. The molecule has 2 aromatic heterocycles. The molecule has 0 aliphatic carbocycles. The third kappa shape index (κ3) is 6.39. The van der Waals surface area contributed by atoms with E-state index in [1.165, 1.54) is 12.1 Å². The van der Waals surface area contributed by atoms with Gasteiger partial charge >= 0.3 is 5.97 Å². The summed E-state index contributed by atoms with van der Waals surface area (Å²) in [5.41, 5.74) is 7.92. The first-order valence-electron chi connectivity index (χ1n) is 10.9. The average molecular weight is 509 g/mol. The Morgan fingerprint density at radius 2 is 2.00 bits per heavy atom. The summed E-state index contributed by atoms with van der Waals surface area (Å²) in [5.74, 6) is -0.0373. The molecule has 2 atom stereocenters. The minimum absolute atomic E-state index is 0.0963. The quantitative estimate of drug-likeness (QED) is 0.263. The lowest BCUT2D eigenvalue weighted by Gasteiger charge is -2.19. The Bertz CT molecular complexity index is 1160. The highest BCUT2D eigenvalue weighted by molar-refractivity contribution is 6.36. The summed E-state index contributed by atoms with van der Waals surface area (Å²) in [6, 6.07) is 4.37. The highest BCUT2D eigenvalue weighted by atomic mass is 35.5. The second-order valence-corrected chi connectivity index (χ2v) is 8.81. The third-order valence-electron chi connectivity index (χ3n) is 5.28. The van der Waals surface area contributed by atoms with Crippen molar-refractivity contribution in [2.75, 3.05) is 12.3 Å². The molecule has 2 N–H and O–H groups in total. The van der Waals surface area contributed by atoms with E-state index in [2.05, 4.69) is 17.0 Å². The SMILES string of the molecule is CCOC(=O)CCC(C)Cn1cc(-c2cnc(N)c(OC(C)c3c(Cl)ccc(F)c3Cl)c2)cn1. The van der Waals surface area contributed by atoms with Crippen LogP contribution >= 0.6 is 23.2 Å². The van der Waals surface area contributed by atoms with Gasteiger partial charge in [-0.15, -0.1) is 0 Å². The molecule has 182 valence electrons. The first-order valence-corrected chi connectivity index (χ1v) is 11.7. The van der Waals surface area contributed by atoms with Crippen LogP contribution in [0.1, 0.15) is 45.3 Å². The van der Waals surface area contributed by atoms with Crippen molar-refractivity contribution >= 4 is 35.0 Å². The second kappa shape index (κ2) is 11.5. The van der Waals surface area contributed by atoms with Crippen molar-refractivity contribution in [3.63, 3.8) is 0 Å². The summed E-state index contributed by atoms with van der Waals surface area (Å²) in [6.45, 7) is 6.59. The summed E-state index contributed by atoms with van der Waals surface area (Å²) in [6.07, 6.45) is 5.65. The van der Waals surface area contributed by atoms with E-state index < -0.39 is 11.9 Å². The molecule has 3 rings (SSSR count). The first-order chi connectivity index (χ1) is 16.2. The Balaban J connectivity index is 1.71. The van der Waals surface area contributed by atoms with Gasteiger partial charge in [0.05, 0.1) is 17.8 Å². The normalized spacial score (nSPS) is 12.9. The van der Waals surface area contributed by atoms with Crippen LogP contribution in [0.15, 0.2) is 36.8 Å². The molecule has 2 unspecified atom stereocenters. The van der Waals surface area contributed by atoms with Crippen LogP contribution in [-0.4, -0.2) is 27.3 Å². The topological polar surface area (TPSA) is 92.3 Å².